The molecule has 4 nitrogen and oxygen atoms in total. The fourth-order valence-electron chi connectivity index (χ4n) is 4.06. The van der Waals surface area contributed by atoms with Gasteiger partial charge in [0.25, 0.3) is 0 Å². The molecule has 4 unspecified atom stereocenters. The van der Waals surface area contributed by atoms with Crippen LogP contribution in [0.5, 0.6) is 0 Å². The summed E-state index contributed by atoms with van der Waals surface area (Å²) in [6.45, 7) is 4.84. The monoisotopic (exact) mass is 266 g/mol. The van der Waals surface area contributed by atoms with E-state index in [1.165, 1.54) is 32.1 Å². The Morgan fingerprint density at radius 1 is 1.26 bits per heavy atom. The first-order valence-electron chi connectivity index (χ1n) is 7.74. The van der Waals surface area contributed by atoms with Crippen LogP contribution in [0.4, 0.5) is 0 Å². The summed E-state index contributed by atoms with van der Waals surface area (Å²) in [6.07, 6.45) is 6.57. The van der Waals surface area contributed by atoms with E-state index in [1.807, 2.05) is 6.92 Å². The maximum Gasteiger partial charge on any atom is 0.232 e. The highest BCUT2D eigenvalue weighted by Gasteiger charge is 2.47. The molecule has 4 atom stereocenters. The number of likely N-dealkylation sites (tertiary alicyclic amines) is 1. The Balaban J connectivity index is 1.67. The lowest BCUT2D eigenvalue weighted by Gasteiger charge is -2.43. The number of ether oxygens (including phenoxy) is 1. The molecule has 0 spiro atoms. The molecule has 1 saturated carbocycles. The van der Waals surface area contributed by atoms with Gasteiger partial charge < -0.3 is 15.4 Å². The Kier molecular flexibility index (Phi) is 3.56. The van der Waals surface area contributed by atoms with Gasteiger partial charge in [-0.05, 0) is 31.6 Å². The molecule has 3 rings (SSSR count). The largest absolute Gasteiger partial charge is 0.379 e. The molecule has 1 aliphatic carbocycles. The van der Waals surface area contributed by atoms with Crippen LogP contribution in [0.15, 0.2) is 0 Å². The van der Waals surface area contributed by atoms with Crippen molar-refractivity contribution in [2.45, 2.75) is 45.1 Å². The van der Waals surface area contributed by atoms with Crippen molar-refractivity contribution in [2.75, 3.05) is 26.3 Å². The Morgan fingerprint density at radius 3 is 2.68 bits per heavy atom. The number of carbonyl (C=O) groups excluding carboxylic acids is 1. The predicted molar refractivity (Wildman–Crippen MR) is 73.5 cm³/mol. The van der Waals surface area contributed by atoms with E-state index in [4.69, 9.17) is 10.5 Å². The van der Waals surface area contributed by atoms with Crippen LogP contribution in [0, 0.1) is 17.3 Å². The Morgan fingerprint density at radius 2 is 2.00 bits per heavy atom. The van der Waals surface area contributed by atoms with Crippen molar-refractivity contribution in [3.63, 3.8) is 0 Å². The van der Waals surface area contributed by atoms with Gasteiger partial charge in [0, 0.05) is 19.1 Å². The second-order valence-corrected chi connectivity index (χ2v) is 6.88. The van der Waals surface area contributed by atoms with E-state index in [-0.39, 0.29) is 11.9 Å². The maximum absolute atomic E-state index is 12.8. The number of carbonyl (C=O) groups is 1. The molecule has 4 heteroatoms. The SMILES string of the molecule is CC1(C(=O)N2CCC3CCCCC3C2)COCC1N. The number of piperidine rings is 1. The molecule has 2 saturated heterocycles. The zero-order chi connectivity index (χ0) is 13.5. The average Bonchev–Trinajstić information content (AvgIpc) is 2.78. The first-order chi connectivity index (χ1) is 9.11. The van der Waals surface area contributed by atoms with Gasteiger partial charge in [0.05, 0.1) is 18.6 Å². The molecule has 19 heavy (non-hydrogen) atoms. The minimum Gasteiger partial charge on any atom is -0.379 e. The Bertz CT molecular complexity index is 360. The predicted octanol–water partition coefficient (Wildman–Crippen LogP) is 1.39. The molecule has 3 fully saturated rings. The third-order valence-electron chi connectivity index (χ3n) is 5.58. The van der Waals surface area contributed by atoms with Crippen LogP contribution in [0.1, 0.15) is 39.0 Å². The second-order valence-electron chi connectivity index (χ2n) is 6.88. The van der Waals surface area contributed by atoms with Crippen LogP contribution in [-0.4, -0.2) is 43.2 Å². The summed E-state index contributed by atoms with van der Waals surface area (Å²) in [5, 5.41) is 0. The number of amides is 1. The van der Waals surface area contributed by atoms with Crippen molar-refractivity contribution in [3.8, 4) is 0 Å². The minimum absolute atomic E-state index is 0.149. The first-order valence-corrected chi connectivity index (χ1v) is 7.74. The van der Waals surface area contributed by atoms with Crippen LogP contribution >= 0.6 is 0 Å². The quantitative estimate of drug-likeness (QED) is 0.780. The molecule has 0 aromatic rings. The molecular weight excluding hydrogens is 240 g/mol. The van der Waals surface area contributed by atoms with Gasteiger partial charge in [-0.2, -0.15) is 0 Å². The highest BCUT2D eigenvalue weighted by molar-refractivity contribution is 5.83. The molecule has 0 aromatic carbocycles. The van der Waals surface area contributed by atoms with Crippen LogP contribution in [0.2, 0.25) is 0 Å². The third-order valence-corrected chi connectivity index (χ3v) is 5.58. The lowest BCUT2D eigenvalue weighted by Crippen LogP contribution is -2.55. The molecule has 2 N–H and O–H groups in total. The maximum atomic E-state index is 12.8. The first kappa shape index (κ1) is 13.4. The molecule has 0 aromatic heterocycles. The summed E-state index contributed by atoms with van der Waals surface area (Å²) < 4.78 is 5.42. The molecular formula is C15H26N2O2. The normalized spacial score (nSPS) is 43.1. The number of nitrogens with two attached hydrogens (primary N) is 1. The van der Waals surface area contributed by atoms with Gasteiger partial charge in [-0.3, -0.25) is 4.79 Å². The van der Waals surface area contributed by atoms with E-state index >= 15 is 0 Å². The van der Waals surface area contributed by atoms with E-state index in [9.17, 15) is 4.79 Å². The fraction of sp³-hybridized carbons (Fsp3) is 0.933. The van der Waals surface area contributed by atoms with Gasteiger partial charge in [-0.25, -0.2) is 0 Å². The van der Waals surface area contributed by atoms with Crippen LogP contribution in [-0.2, 0) is 9.53 Å². The lowest BCUT2D eigenvalue weighted by molar-refractivity contribution is -0.145. The van der Waals surface area contributed by atoms with Crippen LogP contribution < -0.4 is 5.73 Å². The molecule has 108 valence electrons. The van der Waals surface area contributed by atoms with Crippen molar-refractivity contribution >= 4 is 5.91 Å². The highest BCUT2D eigenvalue weighted by Crippen LogP contribution is 2.38. The van der Waals surface area contributed by atoms with Crippen molar-refractivity contribution < 1.29 is 9.53 Å². The van der Waals surface area contributed by atoms with E-state index in [2.05, 4.69) is 4.90 Å². The minimum atomic E-state index is -0.499. The number of nitrogens with zero attached hydrogens (tertiary/aromatic N) is 1. The lowest BCUT2D eigenvalue weighted by atomic mass is 9.74. The summed E-state index contributed by atoms with van der Waals surface area (Å²) in [5.74, 6) is 1.81. The van der Waals surface area contributed by atoms with E-state index < -0.39 is 5.41 Å². The van der Waals surface area contributed by atoms with Crippen LogP contribution in [0.25, 0.3) is 0 Å². The average molecular weight is 266 g/mol. The van der Waals surface area contributed by atoms with E-state index in [0.717, 1.165) is 24.9 Å². The van der Waals surface area contributed by atoms with Gasteiger partial charge in [0.2, 0.25) is 5.91 Å². The summed E-state index contributed by atoms with van der Waals surface area (Å²) in [5.41, 5.74) is 5.58. The molecule has 2 heterocycles. The van der Waals surface area contributed by atoms with Gasteiger partial charge >= 0.3 is 0 Å². The number of fused-ring (bicyclic) bond motifs is 1. The van der Waals surface area contributed by atoms with Crippen molar-refractivity contribution in [3.05, 3.63) is 0 Å². The van der Waals surface area contributed by atoms with E-state index in [1.54, 1.807) is 0 Å². The standard InChI is InChI=1S/C15H26N2O2/c1-15(10-19-9-13(15)16)14(18)17-7-6-11-4-2-3-5-12(11)8-17/h11-13H,2-10,16H2,1H3. The number of hydrogen-bond acceptors (Lipinski definition) is 3. The zero-order valence-corrected chi connectivity index (χ0v) is 11.9. The highest BCUT2D eigenvalue weighted by atomic mass is 16.5. The van der Waals surface area contributed by atoms with Gasteiger partial charge in [-0.1, -0.05) is 19.3 Å². The smallest absolute Gasteiger partial charge is 0.232 e. The molecule has 0 bridgehead atoms. The zero-order valence-electron chi connectivity index (χ0n) is 11.9. The molecule has 2 aliphatic heterocycles. The number of hydrogen-bond donors (Lipinski definition) is 1. The van der Waals surface area contributed by atoms with Gasteiger partial charge in [-0.15, -0.1) is 0 Å². The molecule has 1 amide bonds. The summed E-state index contributed by atoms with van der Waals surface area (Å²) in [4.78, 5) is 14.8. The van der Waals surface area contributed by atoms with Crippen molar-refractivity contribution in [1.29, 1.82) is 0 Å². The fourth-order valence-corrected chi connectivity index (χ4v) is 4.06. The molecule has 0 radical (unpaired) electrons. The van der Waals surface area contributed by atoms with Crippen LogP contribution in [0.3, 0.4) is 0 Å². The van der Waals surface area contributed by atoms with E-state index in [0.29, 0.717) is 13.2 Å². The number of rotatable bonds is 1. The summed E-state index contributed by atoms with van der Waals surface area (Å²) in [7, 11) is 0. The third kappa shape index (κ3) is 2.29. The Hall–Kier alpha value is -0.610. The van der Waals surface area contributed by atoms with Gasteiger partial charge in [0.1, 0.15) is 0 Å². The topological polar surface area (TPSA) is 55.6 Å². The van der Waals surface area contributed by atoms with Crippen molar-refractivity contribution in [2.24, 2.45) is 23.0 Å². The summed E-state index contributed by atoms with van der Waals surface area (Å²) >= 11 is 0. The van der Waals surface area contributed by atoms with Gasteiger partial charge in [0.15, 0.2) is 0 Å². The Labute approximate surface area is 115 Å². The van der Waals surface area contributed by atoms with Crippen molar-refractivity contribution in [1.82, 2.24) is 4.90 Å². The molecule has 3 aliphatic rings. The summed E-state index contributed by atoms with van der Waals surface area (Å²) in [6, 6.07) is -0.149. The second kappa shape index (κ2) is 5.06.